The number of carboxylic acids is 1. The number of carboxylic acid groups (broad SMARTS) is 1. The largest absolute Gasteiger partial charge is 0.477 e. The van der Waals surface area contributed by atoms with Crippen LogP contribution >= 0.6 is 0 Å². The van der Waals surface area contributed by atoms with Crippen LogP contribution in [0.1, 0.15) is 16.2 Å². The molecule has 1 heterocycles. The fourth-order valence-corrected chi connectivity index (χ4v) is 1.60. The average Bonchev–Trinajstić information content (AvgIpc) is 2.86. The van der Waals surface area contributed by atoms with Crippen LogP contribution in [0, 0.1) is 21.4 Å². The van der Waals surface area contributed by atoms with Crippen molar-refractivity contribution in [2.75, 3.05) is 0 Å². The first-order valence-corrected chi connectivity index (χ1v) is 5.00. The number of carbonyl (C=O) groups is 1. The highest BCUT2D eigenvalue weighted by Crippen LogP contribution is 2.23. The molecule has 0 aliphatic rings. The van der Waals surface area contributed by atoms with E-state index in [0.717, 1.165) is 12.1 Å². The summed E-state index contributed by atoms with van der Waals surface area (Å²) in [5.74, 6) is -1.33. The number of aromatic carboxylic acids is 1. The summed E-state index contributed by atoms with van der Waals surface area (Å²) in [7, 11) is 0. The molecule has 0 atom stereocenters. The van der Waals surface area contributed by atoms with Crippen LogP contribution in [0.5, 0.6) is 0 Å². The van der Waals surface area contributed by atoms with E-state index in [0.29, 0.717) is 5.69 Å². The molecule has 0 radical (unpaired) electrons. The molecule has 2 aromatic rings. The zero-order chi connectivity index (χ0) is 14.0. The first kappa shape index (κ1) is 12.3. The third-order valence-electron chi connectivity index (χ3n) is 2.43. The molecule has 0 amide bonds. The van der Waals surface area contributed by atoms with Gasteiger partial charge in [-0.05, 0) is 12.1 Å². The Morgan fingerprint density at radius 2 is 2.26 bits per heavy atom. The molecule has 0 fully saturated rings. The molecule has 8 nitrogen and oxygen atoms in total. The molecule has 0 spiro atoms. The van der Waals surface area contributed by atoms with Gasteiger partial charge in [0.05, 0.1) is 10.6 Å². The monoisotopic (exact) mass is 258 g/mol. The lowest BCUT2D eigenvalue weighted by Gasteiger charge is -2.05. The lowest BCUT2D eigenvalue weighted by molar-refractivity contribution is -0.385. The van der Waals surface area contributed by atoms with Gasteiger partial charge >= 0.3 is 5.97 Å². The normalized spacial score (nSPS) is 9.84. The summed E-state index contributed by atoms with van der Waals surface area (Å²) in [6.45, 7) is 0. The molecule has 8 heteroatoms. The maximum absolute atomic E-state index is 10.9. The van der Waals surface area contributed by atoms with Crippen molar-refractivity contribution in [3.63, 3.8) is 0 Å². The SMILES string of the molecule is N#Cc1nccn1-c1ccc(C(=O)O)c([N+](=O)[O-])c1. The van der Waals surface area contributed by atoms with Gasteiger partial charge in [0, 0.05) is 18.5 Å². The van der Waals surface area contributed by atoms with Crippen molar-refractivity contribution in [1.82, 2.24) is 9.55 Å². The van der Waals surface area contributed by atoms with Gasteiger partial charge in [0.15, 0.2) is 0 Å². The fourth-order valence-electron chi connectivity index (χ4n) is 1.60. The van der Waals surface area contributed by atoms with E-state index in [2.05, 4.69) is 4.98 Å². The maximum Gasteiger partial charge on any atom is 0.342 e. The van der Waals surface area contributed by atoms with E-state index in [1.165, 1.54) is 23.0 Å². The summed E-state index contributed by atoms with van der Waals surface area (Å²) in [4.78, 5) is 24.7. The molecular weight excluding hydrogens is 252 g/mol. The molecule has 0 aliphatic heterocycles. The number of nitrogens with zero attached hydrogens (tertiary/aromatic N) is 4. The van der Waals surface area contributed by atoms with Gasteiger partial charge in [-0.2, -0.15) is 5.26 Å². The third kappa shape index (κ3) is 2.12. The molecule has 94 valence electrons. The van der Waals surface area contributed by atoms with Crippen LogP contribution in [0.2, 0.25) is 0 Å². The Kier molecular flexibility index (Phi) is 2.95. The van der Waals surface area contributed by atoms with Gasteiger partial charge < -0.3 is 5.11 Å². The highest BCUT2D eigenvalue weighted by Gasteiger charge is 2.21. The van der Waals surface area contributed by atoms with Crippen molar-refractivity contribution in [2.45, 2.75) is 0 Å². The first-order chi connectivity index (χ1) is 9.04. The van der Waals surface area contributed by atoms with E-state index in [-0.39, 0.29) is 5.82 Å². The Bertz CT molecular complexity index is 714. The number of hydrogen-bond donors (Lipinski definition) is 1. The van der Waals surface area contributed by atoms with E-state index in [1.807, 2.05) is 6.07 Å². The number of aromatic nitrogens is 2. The summed E-state index contributed by atoms with van der Waals surface area (Å²) in [6.07, 6.45) is 2.83. The summed E-state index contributed by atoms with van der Waals surface area (Å²) < 4.78 is 1.33. The van der Waals surface area contributed by atoms with E-state index in [4.69, 9.17) is 10.4 Å². The Hall–Kier alpha value is -3.21. The van der Waals surface area contributed by atoms with E-state index in [1.54, 1.807) is 0 Å². The second kappa shape index (κ2) is 4.58. The number of nitriles is 1. The van der Waals surface area contributed by atoms with Crippen molar-refractivity contribution in [3.05, 3.63) is 52.1 Å². The van der Waals surface area contributed by atoms with Gasteiger partial charge in [-0.25, -0.2) is 9.78 Å². The molecule has 0 unspecified atom stereocenters. The van der Waals surface area contributed by atoms with Crippen molar-refractivity contribution in [1.29, 1.82) is 5.26 Å². The van der Waals surface area contributed by atoms with E-state index >= 15 is 0 Å². The number of hydrogen-bond acceptors (Lipinski definition) is 5. The molecule has 2 rings (SSSR count). The summed E-state index contributed by atoms with van der Waals surface area (Å²) in [6, 6.07) is 5.41. The quantitative estimate of drug-likeness (QED) is 0.654. The maximum atomic E-state index is 10.9. The zero-order valence-electron chi connectivity index (χ0n) is 9.35. The van der Waals surface area contributed by atoms with Gasteiger partial charge in [0.1, 0.15) is 11.6 Å². The number of nitro groups is 1. The lowest BCUT2D eigenvalue weighted by atomic mass is 10.1. The molecule has 1 N–H and O–H groups in total. The highest BCUT2D eigenvalue weighted by atomic mass is 16.6. The molecule has 1 aromatic heterocycles. The van der Waals surface area contributed by atoms with E-state index in [9.17, 15) is 14.9 Å². The van der Waals surface area contributed by atoms with Gasteiger partial charge in [0.2, 0.25) is 5.82 Å². The van der Waals surface area contributed by atoms with Crippen LogP contribution in [0.15, 0.2) is 30.6 Å². The van der Waals surface area contributed by atoms with Crippen molar-refractivity contribution >= 4 is 11.7 Å². The minimum Gasteiger partial charge on any atom is -0.477 e. The standard InChI is InChI=1S/C11H6N4O4/c12-6-10-13-3-4-14(10)7-1-2-8(11(16)17)9(5-7)15(18)19/h1-5H,(H,16,17). The van der Waals surface area contributed by atoms with Gasteiger partial charge in [-0.1, -0.05) is 0 Å². The molecule has 0 saturated carbocycles. The average molecular weight is 258 g/mol. The third-order valence-corrected chi connectivity index (χ3v) is 2.43. The van der Waals surface area contributed by atoms with Crippen molar-refractivity contribution in [2.24, 2.45) is 0 Å². The minimum atomic E-state index is -1.38. The Morgan fingerprint density at radius 1 is 1.53 bits per heavy atom. The van der Waals surface area contributed by atoms with Crippen LogP contribution in [0.3, 0.4) is 0 Å². The number of nitro benzene ring substituents is 1. The zero-order valence-corrected chi connectivity index (χ0v) is 9.35. The van der Waals surface area contributed by atoms with Crippen LogP contribution in [-0.4, -0.2) is 25.6 Å². The predicted octanol–water partition coefficient (Wildman–Crippen LogP) is 1.35. The molecule has 0 aliphatic carbocycles. The highest BCUT2D eigenvalue weighted by molar-refractivity contribution is 5.92. The van der Waals surface area contributed by atoms with E-state index < -0.39 is 22.1 Å². The predicted molar refractivity (Wildman–Crippen MR) is 61.9 cm³/mol. The Labute approximate surface area is 106 Å². The van der Waals surface area contributed by atoms with Crippen molar-refractivity contribution in [3.8, 4) is 11.8 Å². The lowest BCUT2D eigenvalue weighted by Crippen LogP contribution is -2.05. The fraction of sp³-hybridized carbons (Fsp3) is 0. The summed E-state index contributed by atoms with van der Waals surface area (Å²) in [5.41, 5.74) is -0.652. The minimum absolute atomic E-state index is 0.0531. The number of benzene rings is 1. The van der Waals surface area contributed by atoms with Crippen LogP contribution < -0.4 is 0 Å². The van der Waals surface area contributed by atoms with Gasteiger partial charge in [0.25, 0.3) is 5.69 Å². The molecule has 0 bridgehead atoms. The molecule has 1 aromatic carbocycles. The van der Waals surface area contributed by atoms with Crippen LogP contribution in [0.4, 0.5) is 5.69 Å². The molecule has 0 saturated heterocycles. The molecule has 19 heavy (non-hydrogen) atoms. The smallest absolute Gasteiger partial charge is 0.342 e. The second-order valence-corrected chi connectivity index (χ2v) is 3.50. The van der Waals surface area contributed by atoms with Crippen LogP contribution in [-0.2, 0) is 0 Å². The van der Waals surface area contributed by atoms with Crippen molar-refractivity contribution < 1.29 is 14.8 Å². The second-order valence-electron chi connectivity index (χ2n) is 3.50. The Balaban J connectivity index is 2.63. The number of rotatable bonds is 3. The van der Waals surface area contributed by atoms with Crippen LogP contribution in [0.25, 0.3) is 5.69 Å². The summed E-state index contributed by atoms with van der Waals surface area (Å²) >= 11 is 0. The topological polar surface area (TPSA) is 122 Å². The number of imidazole rings is 1. The Morgan fingerprint density at radius 3 is 2.84 bits per heavy atom. The molecular formula is C11H6N4O4. The van der Waals surface area contributed by atoms with Gasteiger partial charge in [-0.15, -0.1) is 0 Å². The first-order valence-electron chi connectivity index (χ1n) is 5.00. The van der Waals surface area contributed by atoms with Gasteiger partial charge in [-0.3, -0.25) is 14.7 Å². The summed E-state index contributed by atoms with van der Waals surface area (Å²) in [5, 5.41) is 28.5.